The molecule has 0 unspecified atom stereocenters. The molecule has 0 aliphatic rings. The van der Waals surface area contributed by atoms with Crippen LogP contribution in [0.5, 0.6) is 5.75 Å². The van der Waals surface area contributed by atoms with Gasteiger partial charge in [0.2, 0.25) is 0 Å². The monoisotopic (exact) mass is 401 g/mol. The molecular formula is C23H23N5O2. The zero-order valence-electron chi connectivity index (χ0n) is 17.5. The summed E-state index contributed by atoms with van der Waals surface area (Å²) in [7, 11) is 1.58. The normalized spacial score (nSPS) is 10.9. The topological polar surface area (TPSA) is 74.8 Å². The van der Waals surface area contributed by atoms with Crippen molar-refractivity contribution in [1.82, 2.24) is 24.8 Å². The summed E-state index contributed by atoms with van der Waals surface area (Å²) in [5.41, 5.74) is 6.61. The highest BCUT2D eigenvalue weighted by atomic mass is 16.5. The summed E-state index contributed by atoms with van der Waals surface area (Å²) in [6.45, 7) is 6.36. The maximum Gasteiger partial charge on any atom is 0.368 e. The minimum Gasteiger partial charge on any atom is -0.489 e. The van der Waals surface area contributed by atoms with Crippen LogP contribution in [0.3, 0.4) is 0 Å². The van der Waals surface area contributed by atoms with Gasteiger partial charge in [-0.25, -0.2) is 4.79 Å². The van der Waals surface area contributed by atoms with Crippen molar-refractivity contribution in [3.05, 3.63) is 87.6 Å². The molecule has 2 aromatic heterocycles. The summed E-state index contributed by atoms with van der Waals surface area (Å²) in [6.07, 6.45) is 3.70. The molecule has 152 valence electrons. The highest BCUT2D eigenvalue weighted by Gasteiger charge is 2.14. The lowest BCUT2D eigenvalue weighted by Gasteiger charge is -2.15. The summed E-state index contributed by atoms with van der Waals surface area (Å²) < 4.78 is 8.64. The van der Waals surface area contributed by atoms with Crippen molar-refractivity contribution in [3.8, 4) is 22.6 Å². The predicted molar refractivity (Wildman–Crippen MR) is 115 cm³/mol. The highest BCUT2D eigenvalue weighted by Crippen LogP contribution is 2.28. The number of pyridine rings is 1. The maximum atomic E-state index is 12.3. The quantitative estimate of drug-likeness (QED) is 0.511. The van der Waals surface area contributed by atoms with E-state index in [2.05, 4.69) is 27.5 Å². The molecule has 0 aliphatic heterocycles. The molecule has 30 heavy (non-hydrogen) atoms. The van der Waals surface area contributed by atoms with E-state index in [9.17, 15) is 4.79 Å². The van der Waals surface area contributed by atoms with E-state index in [1.54, 1.807) is 7.05 Å². The van der Waals surface area contributed by atoms with Crippen LogP contribution < -0.4 is 10.4 Å². The minimum absolute atomic E-state index is 0.297. The lowest BCUT2D eigenvalue weighted by Crippen LogP contribution is -2.23. The van der Waals surface area contributed by atoms with E-state index < -0.39 is 0 Å². The number of benzene rings is 2. The molecule has 0 radical (unpaired) electrons. The Bertz CT molecular complexity index is 1270. The van der Waals surface area contributed by atoms with Gasteiger partial charge in [0.25, 0.3) is 0 Å². The minimum atomic E-state index is -0.297. The van der Waals surface area contributed by atoms with Crippen molar-refractivity contribution in [2.24, 2.45) is 7.05 Å². The molecule has 0 saturated carbocycles. The van der Waals surface area contributed by atoms with E-state index in [1.807, 2.05) is 63.5 Å². The van der Waals surface area contributed by atoms with Gasteiger partial charge in [-0.05, 0) is 77.7 Å². The number of aryl methyl sites for hydroxylation is 4. The fourth-order valence-electron chi connectivity index (χ4n) is 3.39. The van der Waals surface area contributed by atoms with Crippen LogP contribution in [0.2, 0.25) is 0 Å². The molecule has 0 fully saturated rings. The maximum absolute atomic E-state index is 12.3. The molecule has 0 amide bonds. The second-order valence-corrected chi connectivity index (χ2v) is 7.39. The molecule has 2 heterocycles. The Morgan fingerprint density at radius 1 is 0.933 bits per heavy atom. The molecule has 2 aromatic carbocycles. The third kappa shape index (κ3) is 3.74. The van der Waals surface area contributed by atoms with Gasteiger partial charge in [0.05, 0.1) is 5.69 Å². The van der Waals surface area contributed by atoms with Gasteiger partial charge in [-0.15, -0.1) is 0 Å². The summed E-state index contributed by atoms with van der Waals surface area (Å²) >= 11 is 0. The molecule has 7 nitrogen and oxygen atoms in total. The van der Waals surface area contributed by atoms with Gasteiger partial charge in [0.1, 0.15) is 12.4 Å². The average molecular weight is 401 g/mol. The second kappa shape index (κ2) is 7.94. The van der Waals surface area contributed by atoms with Gasteiger partial charge in [-0.1, -0.05) is 18.2 Å². The Labute approximate surface area is 174 Å². The number of nitrogens with zero attached hydrogens (tertiary/aromatic N) is 5. The molecule has 0 saturated heterocycles. The molecule has 7 heteroatoms. The number of hydrogen-bond donors (Lipinski definition) is 0. The summed E-state index contributed by atoms with van der Waals surface area (Å²) in [5, 5.41) is 7.78. The Kier molecular flexibility index (Phi) is 5.18. The number of rotatable bonds is 5. The first-order chi connectivity index (χ1) is 14.4. The van der Waals surface area contributed by atoms with E-state index in [1.165, 1.54) is 9.36 Å². The zero-order chi connectivity index (χ0) is 21.3. The van der Waals surface area contributed by atoms with E-state index >= 15 is 0 Å². The predicted octanol–water partition coefficient (Wildman–Crippen LogP) is 3.53. The van der Waals surface area contributed by atoms with Gasteiger partial charge in [0.15, 0.2) is 0 Å². The van der Waals surface area contributed by atoms with Gasteiger partial charge in [0, 0.05) is 30.6 Å². The van der Waals surface area contributed by atoms with Crippen molar-refractivity contribution in [1.29, 1.82) is 0 Å². The smallest absolute Gasteiger partial charge is 0.368 e. The second-order valence-electron chi connectivity index (χ2n) is 7.39. The standard InChI is InChI=1S/C23H23N5O2/c1-15-10-19(13-24-12-15)18-8-9-22(17(3)11-18)30-14-20-16(2)6-5-7-21(20)28-23(29)27(4)25-26-28/h5-13H,14H2,1-4H3. The first-order valence-corrected chi connectivity index (χ1v) is 9.67. The Morgan fingerprint density at radius 3 is 2.47 bits per heavy atom. The summed E-state index contributed by atoms with van der Waals surface area (Å²) in [6, 6.07) is 13.9. The molecule has 0 spiro atoms. The molecule has 0 atom stereocenters. The molecule has 0 aliphatic carbocycles. The van der Waals surface area contributed by atoms with Crippen molar-refractivity contribution in [2.45, 2.75) is 27.4 Å². The van der Waals surface area contributed by atoms with Crippen molar-refractivity contribution in [3.63, 3.8) is 0 Å². The molecule has 4 aromatic rings. The van der Waals surface area contributed by atoms with Crippen LogP contribution in [-0.4, -0.2) is 24.8 Å². The van der Waals surface area contributed by atoms with Gasteiger partial charge < -0.3 is 4.74 Å². The number of hydrogen-bond acceptors (Lipinski definition) is 5. The molecule has 0 N–H and O–H groups in total. The van der Waals surface area contributed by atoms with Crippen LogP contribution in [0.15, 0.2) is 59.7 Å². The van der Waals surface area contributed by atoms with Crippen molar-refractivity contribution >= 4 is 0 Å². The van der Waals surface area contributed by atoms with Gasteiger partial charge in [-0.2, -0.15) is 9.36 Å². The van der Waals surface area contributed by atoms with Crippen molar-refractivity contribution in [2.75, 3.05) is 0 Å². The van der Waals surface area contributed by atoms with Crippen LogP contribution in [-0.2, 0) is 13.7 Å². The van der Waals surface area contributed by atoms with Crippen LogP contribution >= 0.6 is 0 Å². The van der Waals surface area contributed by atoms with Crippen molar-refractivity contribution < 1.29 is 4.74 Å². The summed E-state index contributed by atoms with van der Waals surface area (Å²) in [5.74, 6) is 0.792. The largest absolute Gasteiger partial charge is 0.489 e. The highest BCUT2D eigenvalue weighted by molar-refractivity contribution is 5.65. The third-order valence-electron chi connectivity index (χ3n) is 5.09. The van der Waals surface area contributed by atoms with E-state index in [4.69, 9.17) is 4.74 Å². The van der Waals surface area contributed by atoms with E-state index in [0.717, 1.165) is 39.1 Å². The molecule has 4 rings (SSSR count). The SMILES string of the molecule is Cc1cncc(-c2ccc(OCc3c(C)cccc3-n3nnn(C)c3=O)c(C)c2)c1. The number of aromatic nitrogens is 5. The number of tetrazole rings is 1. The van der Waals surface area contributed by atoms with Crippen LogP contribution in [0, 0.1) is 20.8 Å². The lowest BCUT2D eigenvalue weighted by atomic mass is 10.0. The third-order valence-corrected chi connectivity index (χ3v) is 5.09. The van der Waals surface area contributed by atoms with Gasteiger partial charge >= 0.3 is 5.69 Å². The van der Waals surface area contributed by atoms with Crippen LogP contribution in [0.1, 0.15) is 22.3 Å². The van der Waals surface area contributed by atoms with E-state index in [0.29, 0.717) is 12.3 Å². The van der Waals surface area contributed by atoms with Crippen LogP contribution in [0.25, 0.3) is 16.8 Å². The Morgan fingerprint density at radius 2 is 1.77 bits per heavy atom. The lowest BCUT2D eigenvalue weighted by molar-refractivity contribution is 0.302. The molecular weight excluding hydrogens is 378 g/mol. The summed E-state index contributed by atoms with van der Waals surface area (Å²) in [4.78, 5) is 16.6. The van der Waals surface area contributed by atoms with Gasteiger partial charge in [-0.3, -0.25) is 4.98 Å². The molecule has 0 bridgehead atoms. The Balaban J connectivity index is 1.61. The first-order valence-electron chi connectivity index (χ1n) is 9.67. The zero-order valence-corrected chi connectivity index (χ0v) is 17.5. The number of ether oxygens (including phenoxy) is 1. The first kappa shape index (κ1) is 19.6. The van der Waals surface area contributed by atoms with Crippen LogP contribution in [0.4, 0.5) is 0 Å². The average Bonchev–Trinajstić information content (AvgIpc) is 3.06. The fraction of sp³-hybridized carbons (Fsp3) is 0.217. The fourth-order valence-corrected chi connectivity index (χ4v) is 3.39. The Hall–Kier alpha value is -3.74. The van der Waals surface area contributed by atoms with E-state index in [-0.39, 0.29) is 5.69 Å².